The van der Waals surface area contributed by atoms with Crippen molar-refractivity contribution in [3.8, 4) is 17.6 Å². The highest BCUT2D eigenvalue weighted by molar-refractivity contribution is 5.48. The quantitative estimate of drug-likeness (QED) is 0.857. The summed E-state index contributed by atoms with van der Waals surface area (Å²) < 4.78 is 11.0. The molecule has 0 aliphatic carbocycles. The van der Waals surface area contributed by atoms with Crippen molar-refractivity contribution in [2.24, 2.45) is 5.73 Å². The molecule has 2 N–H and O–H groups in total. The molecule has 0 amide bonds. The number of nitrogens with two attached hydrogens (primary N) is 1. The Labute approximate surface area is 125 Å². The standard InChI is InChI=1S/C18H19NO2/c1-20-18-10-9-16(12-17(18)8-5-11-19)14-21-13-15-6-3-2-4-7-15/h2-4,6-7,9-10,12H,11,13-14,19H2,1H3. The summed E-state index contributed by atoms with van der Waals surface area (Å²) in [6.45, 7) is 1.46. The normalized spacial score (nSPS) is 9.81. The zero-order chi connectivity index (χ0) is 14.9. The summed E-state index contributed by atoms with van der Waals surface area (Å²) in [6, 6.07) is 16.0. The van der Waals surface area contributed by atoms with Crippen LogP contribution in [0, 0.1) is 11.8 Å². The van der Waals surface area contributed by atoms with Crippen LogP contribution in [0.1, 0.15) is 16.7 Å². The largest absolute Gasteiger partial charge is 0.495 e. The first-order chi connectivity index (χ1) is 10.3. The second-order valence-corrected chi connectivity index (χ2v) is 4.52. The maximum absolute atomic E-state index is 5.73. The van der Waals surface area contributed by atoms with Crippen molar-refractivity contribution in [2.45, 2.75) is 13.2 Å². The molecular weight excluding hydrogens is 262 g/mol. The zero-order valence-electron chi connectivity index (χ0n) is 12.1. The Morgan fingerprint density at radius 3 is 2.48 bits per heavy atom. The predicted octanol–water partition coefficient (Wildman–Crippen LogP) is 2.72. The molecule has 0 saturated carbocycles. The third-order valence-corrected chi connectivity index (χ3v) is 2.97. The maximum Gasteiger partial charge on any atom is 0.134 e. The van der Waals surface area contributed by atoms with Gasteiger partial charge in [-0.25, -0.2) is 0 Å². The van der Waals surface area contributed by atoms with E-state index in [2.05, 4.69) is 11.8 Å². The van der Waals surface area contributed by atoms with Gasteiger partial charge in [-0.2, -0.15) is 0 Å². The second kappa shape index (κ2) is 8.11. The average molecular weight is 281 g/mol. The third-order valence-electron chi connectivity index (χ3n) is 2.97. The fourth-order valence-corrected chi connectivity index (χ4v) is 1.95. The summed E-state index contributed by atoms with van der Waals surface area (Å²) in [7, 11) is 1.63. The molecule has 108 valence electrons. The van der Waals surface area contributed by atoms with Gasteiger partial charge in [0, 0.05) is 0 Å². The Bertz CT molecular complexity index is 627. The molecule has 0 aromatic heterocycles. The maximum atomic E-state index is 5.73. The van der Waals surface area contributed by atoms with E-state index in [1.807, 2.05) is 48.5 Å². The molecule has 0 fully saturated rings. The molecule has 0 heterocycles. The fraction of sp³-hybridized carbons (Fsp3) is 0.222. The molecule has 2 rings (SSSR count). The summed E-state index contributed by atoms with van der Waals surface area (Å²) in [4.78, 5) is 0. The monoisotopic (exact) mass is 281 g/mol. The molecule has 3 nitrogen and oxygen atoms in total. The lowest BCUT2D eigenvalue weighted by Gasteiger charge is -2.08. The van der Waals surface area contributed by atoms with Crippen molar-refractivity contribution in [2.75, 3.05) is 13.7 Å². The van der Waals surface area contributed by atoms with Gasteiger partial charge in [-0.05, 0) is 23.3 Å². The van der Waals surface area contributed by atoms with Crippen LogP contribution in [-0.4, -0.2) is 13.7 Å². The number of ether oxygens (including phenoxy) is 2. The highest BCUT2D eigenvalue weighted by atomic mass is 16.5. The Hall–Kier alpha value is -2.28. The molecule has 0 aliphatic heterocycles. The first-order valence-corrected chi connectivity index (χ1v) is 6.81. The number of rotatable bonds is 5. The van der Waals surface area contributed by atoms with Crippen LogP contribution in [0.4, 0.5) is 0 Å². The van der Waals surface area contributed by atoms with E-state index in [9.17, 15) is 0 Å². The van der Waals surface area contributed by atoms with Crippen LogP contribution in [-0.2, 0) is 18.0 Å². The molecule has 0 radical (unpaired) electrons. The van der Waals surface area contributed by atoms with E-state index in [4.69, 9.17) is 15.2 Å². The van der Waals surface area contributed by atoms with E-state index < -0.39 is 0 Å². The van der Waals surface area contributed by atoms with Gasteiger partial charge < -0.3 is 15.2 Å². The summed E-state index contributed by atoms with van der Waals surface area (Å²) in [5.41, 5.74) is 8.47. The molecule has 0 saturated heterocycles. The first-order valence-electron chi connectivity index (χ1n) is 6.81. The molecular formula is C18H19NO2. The SMILES string of the molecule is COc1ccc(COCc2ccccc2)cc1C#CCN. The van der Waals surface area contributed by atoms with Gasteiger partial charge in [0.05, 0.1) is 32.4 Å². The van der Waals surface area contributed by atoms with Crippen molar-refractivity contribution < 1.29 is 9.47 Å². The summed E-state index contributed by atoms with van der Waals surface area (Å²) >= 11 is 0. The van der Waals surface area contributed by atoms with Crippen molar-refractivity contribution in [1.29, 1.82) is 0 Å². The van der Waals surface area contributed by atoms with Gasteiger partial charge in [-0.3, -0.25) is 0 Å². The summed E-state index contributed by atoms with van der Waals surface area (Å²) in [6.07, 6.45) is 0. The van der Waals surface area contributed by atoms with Crippen LogP contribution < -0.4 is 10.5 Å². The highest BCUT2D eigenvalue weighted by Gasteiger charge is 2.02. The van der Waals surface area contributed by atoms with Gasteiger partial charge >= 0.3 is 0 Å². The van der Waals surface area contributed by atoms with Gasteiger partial charge in [0.15, 0.2) is 0 Å². The minimum Gasteiger partial charge on any atom is -0.495 e. The van der Waals surface area contributed by atoms with Crippen molar-refractivity contribution in [3.05, 3.63) is 65.2 Å². The van der Waals surface area contributed by atoms with Gasteiger partial charge in [-0.1, -0.05) is 48.2 Å². The molecule has 0 spiro atoms. The Morgan fingerprint density at radius 1 is 1.00 bits per heavy atom. The average Bonchev–Trinajstić information content (AvgIpc) is 2.54. The van der Waals surface area contributed by atoms with E-state index in [-0.39, 0.29) is 0 Å². The fourth-order valence-electron chi connectivity index (χ4n) is 1.95. The smallest absolute Gasteiger partial charge is 0.134 e. The topological polar surface area (TPSA) is 44.5 Å². The molecule has 21 heavy (non-hydrogen) atoms. The lowest BCUT2D eigenvalue weighted by molar-refractivity contribution is 0.107. The highest BCUT2D eigenvalue weighted by Crippen LogP contribution is 2.19. The van der Waals surface area contributed by atoms with E-state index in [0.717, 1.165) is 22.4 Å². The first kappa shape index (κ1) is 15.1. The molecule has 2 aromatic rings. The number of benzene rings is 2. The third kappa shape index (κ3) is 4.64. The van der Waals surface area contributed by atoms with E-state index in [1.54, 1.807) is 7.11 Å². The lowest BCUT2D eigenvalue weighted by atomic mass is 10.1. The van der Waals surface area contributed by atoms with Crippen LogP contribution in [0.5, 0.6) is 5.75 Å². The van der Waals surface area contributed by atoms with E-state index in [0.29, 0.717) is 19.8 Å². The summed E-state index contributed by atoms with van der Waals surface area (Å²) in [5.74, 6) is 6.61. The van der Waals surface area contributed by atoms with Crippen LogP contribution in [0.25, 0.3) is 0 Å². The number of hydrogen-bond donors (Lipinski definition) is 1. The Kier molecular flexibility index (Phi) is 5.83. The number of hydrogen-bond acceptors (Lipinski definition) is 3. The van der Waals surface area contributed by atoms with Crippen LogP contribution >= 0.6 is 0 Å². The molecule has 0 atom stereocenters. The Morgan fingerprint density at radius 2 is 1.76 bits per heavy atom. The second-order valence-electron chi connectivity index (χ2n) is 4.52. The van der Waals surface area contributed by atoms with E-state index >= 15 is 0 Å². The van der Waals surface area contributed by atoms with Gasteiger partial charge in [0.1, 0.15) is 5.75 Å². The molecule has 0 aliphatic rings. The minimum atomic E-state index is 0.331. The van der Waals surface area contributed by atoms with Crippen molar-refractivity contribution >= 4 is 0 Å². The number of methoxy groups -OCH3 is 1. The van der Waals surface area contributed by atoms with Gasteiger partial charge in [0.2, 0.25) is 0 Å². The predicted molar refractivity (Wildman–Crippen MR) is 83.9 cm³/mol. The molecule has 2 aromatic carbocycles. The molecule has 0 unspecified atom stereocenters. The van der Waals surface area contributed by atoms with Crippen LogP contribution in [0.15, 0.2) is 48.5 Å². The van der Waals surface area contributed by atoms with Gasteiger partial charge in [0.25, 0.3) is 0 Å². The molecule has 3 heteroatoms. The summed E-state index contributed by atoms with van der Waals surface area (Å²) in [5, 5.41) is 0. The van der Waals surface area contributed by atoms with Crippen LogP contribution in [0.2, 0.25) is 0 Å². The lowest BCUT2D eigenvalue weighted by Crippen LogP contribution is -1.97. The van der Waals surface area contributed by atoms with Crippen molar-refractivity contribution in [3.63, 3.8) is 0 Å². The minimum absolute atomic E-state index is 0.331. The molecule has 0 bridgehead atoms. The van der Waals surface area contributed by atoms with E-state index in [1.165, 1.54) is 0 Å². The zero-order valence-corrected chi connectivity index (χ0v) is 12.1. The van der Waals surface area contributed by atoms with Crippen LogP contribution in [0.3, 0.4) is 0 Å². The Balaban J connectivity index is 2.00. The van der Waals surface area contributed by atoms with Gasteiger partial charge in [-0.15, -0.1) is 0 Å². The van der Waals surface area contributed by atoms with Crippen molar-refractivity contribution in [1.82, 2.24) is 0 Å².